The van der Waals surface area contributed by atoms with E-state index in [2.05, 4.69) is 5.32 Å². The number of anilines is 1. The highest BCUT2D eigenvalue weighted by molar-refractivity contribution is 6.03. The maximum atomic E-state index is 12.5. The SMILES string of the molecule is CCC(=O)N1c2ccccc2CC1C(=O)NCCc1ccco1. The van der Waals surface area contributed by atoms with Crippen molar-refractivity contribution in [1.82, 2.24) is 5.32 Å². The smallest absolute Gasteiger partial charge is 0.243 e. The normalized spacial score (nSPS) is 16.2. The largest absolute Gasteiger partial charge is 0.469 e. The molecule has 1 aromatic carbocycles. The zero-order valence-corrected chi connectivity index (χ0v) is 13.1. The number of carbonyl (C=O) groups is 2. The standard InChI is InChI=1S/C18H20N2O3/c1-2-17(21)20-15-8-4-3-6-13(15)12-16(20)18(22)19-10-9-14-7-5-11-23-14/h3-8,11,16H,2,9-10,12H2,1H3,(H,19,22). The zero-order valence-electron chi connectivity index (χ0n) is 13.1. The van der Waals surface area contributed by atoms with Crippen LogP contribution in [0.25, 0.3) is 0 Å². The van der Waals surface area contributed by atoms with Gasteiger partial charge in [-0.05, 0) is 23.8 Å². The highest BCUT2D eigenvalue weighted by Crippen LogP contribution is 2.32. The molecule has 2 heterocycles. The van der Waals surface area contributed by atoms with Crippen LogP contribution in [-0.2, 0) is 22.4 Å². The summed E-state index contributed by atoms with van der Waals surface area (Å²) in [6.45, 7) is 2.31. The van der Waals surface area contributed by atoms with Crippen molar-refractivity contribution in [2.75, 3.05) is 11.4 Å². The first-order valence-electron chi connectivity index (χ1n) is 7.90. The number of para-hydroxylation sites is 1. The number of carbonyl (C=O) groups excluding carboxylic acids is 2. The molecule has 5 nitrogen and oxygen atoms in total. The highest BCUT2D eigenvalue weighted by Gasteiger charge is 2.37. The summed E-state index contributed by atoms with van der Waals surface area (Å²) in [5.41, 5.74) is 1.89. The van der Waals surface area contributed by atoms with Crippen LogP contribution >= 0.6 is 0 Å². The Bertz CT molecular complexity index is 694. The Hall–Kier alpha value is -2.56. The van der Waals surface area contributed by atoms with Gasteiger partial charge in [0, 0.05) is 31.5 Å². The molecule has 0 saturated heterocycles. The predicted molar refractivity (Wildman–Crippen MR) is 87.1 cm³/mol. The molecule has 0 spiro atoms. The zero-order chi connectivity index (χ0) is 16.2. The highest BCUT2D eigenvalue weighted by atomic mass is 16.3. The summed E-state index contributed by atoms with van der Waals surface area (Å²) in [7, 11) is 0. The number of hydrogen-bond donors (Lipinski definition) is 1. The van der Waals surface area contributed by atoms with Crippen LogP contribution in [0, 0.1) is 0 Å². The van der Waals surface area contributed by atoms with Crippen LogP contribution in [-0.4, -0.2) is 24.4 Å². The number of furan rings is 1. The number of nitrogens with one attached hydrogen (secondary N) is 1. The molecule has 0 radical (unpaired) electrons. The molecule has 23 heavy (non-hydrogen) atoms. The molecule has 2 aromatic rings. The molecule has 1 unspecified atom stereocenters. The van der Waals surface area contributed by atoms with Crippen LogP contribution in [0.1, 0.15) is 24.7 Å². The van der Waals surface area contributed by atoms with Gasteiger partial charge in [-0.25, -0.2) is 0 Å². The number of nitrogens with zero attached hydrogens (tertiary/aromatic N) is 1. The van der Waals surface area contributed by atoms with E-state index in [1.165, 1.54) is 0 Å². The van der Waals surface area contributed by atoms with Gasteiger partial charge in [0.05, 0.1) is 6.26 Å². The second-order valence-electron chi connectivity index (χ2n) is 5.59. The molecule has 1 N–H and O–H groups in total. The molecule has 0 saturated carbocycles. The van der Waals surface area contributed by atoms with Crippen molar-refractivity contribution >= 4 is 17.5 Å². The van der Waals surface area contributed by atoms with Crippen molar-refractivity contribution < 1.29 is 14.0 Å². The fourth-order valence-electron chi connectivity index (χ4n) is 2.96. The molecule has 2 amide bonds. The Kier molecular flexibility index (Phi) is 4.46. The van der Waals surface area contributed by atoms with E-state index in [1.54, 1.807) is 11.2 Å². The average Bonchev–Trinajstić information content (AvgIpc) is 3.21. The van der Waals surface area contributed by atoms with E-state index in [9.17, 15) is 9.59 Å². The number of amides is 2. The van der Waals surface area contributed by atoms with Gasteiger partial charge in [-0.15, -0.1) is 0 Å². The van der Waals surface area contributed by atoms with Gasteiger partial charge in [0.1, 0.15) is 11.8 Å². The molecular formula is C18H20N2O3. The van der Waals surface area contributed by atoms with Crippen molar-refractivity contribution in [2.24, 2.45) is 0 Å². The van der Waals surface area contributed by atoms with Crippen LogP contribution in [0.5, 0.6) is 0 Å². The monoisotopic (exact) mass is 312 g/mol. The summed E-state index contributed by atoms with van der Waals surface area (Å²) in [6.07, 6.45) is 3.20. The number of rotatable bonds is 5. The van der Waals surface area contributed by atoms with Crippen LogP contribution in [0.4, 0.5) is 5.69 Å². The Balaban J connectivity index is 1.68. The molecule has 0 bridgehead atoms. The Labute approximate surface area is 135 Å². The van der Waals surface area contributed by atoms with Gasteiger partial charge in [0.25, 0.3) is 0 Å². The first-order chi connectivity index (χ1) is 11.2. The summed E-state index contributed by atoms with van der Waals surface area (Å²) in [5.74, 6) is 0.692. The molecule has 1 aliphatic heterocycles. The summed E-state index contributed by atoms with van der Waals surface area (Å²) in [6, 6.07) is 10.9. The lowest BCUT2D eigenvalue weighted by Gasteiger charge is -2.24. The van der Waals surface area contributed by atoms with Crippen LogP contribution < -0.4 is 10.2 Å². The average molecular weight is 312 g/mol. The van der Waals surface area contributed by atoms with Crippen molar-refractivity contribution in [2.45, 2.75) is 32.2 Å². The molecule has 5 heteroatoms. The van der Waals surface area contributed by atoms with Crippen LogP contribution in [0.15, 0.2) is 47.1 Å². The van der Waals surface area contributed by atoms with Gasteiger partial charge in [0.2, 0.25) is 11.8 Å². The van der Waals surface area contributed by atoms with E-state index >= 15 is 0 Å². The van der Waals surface area contributed by atoms with Crippen molar-refractivity contribution in [1.29, 1.82) is 0 Å². The Morgan fingerprint density at radius 1 is 1.26 bits per heavy atom. The number of hydrogen-bond acceptors (Lipinski definition) is 3. The molecule has 1 aromatic heterocycles. The Morgan fingerprint density at radius 3 is 2.83 bits per heavy atom. The maximum absolute atomic E-state index is 12.5. The van der Waals surface area contributed by atoms with Crippen molar-refractivity contribution in [3.05, 3.63) is 54.0 Å². The summed E-state index contributed by atoms with van der Waals surface area (Å²) < 4.78 is 5.25. The van der Waals surface area contributed by atoms with Gasteiger partial charge in [-0.1, -0.05) is 25.1 Å². The number of benzene rings is 1. The third-order valence-corrected chi connectivity index (χ3v) is 4.10. The topological polar surface area (TPSA) is 62.6 Å². The predicted octanol–water partition coefficient (Wildman–Crippen LogP) is 2.31. The maximum Gasteiger partial charge on any atom is 0.243 e. The lowest BCUT2D eigenvalue weighted by atomic mass is 10.1. The summed E-state index contributed by atoms with van der Waals surface area (Å²) >= 11 is 0. The van der Waals surface area contributed by atoms with E-state index in [4.69, 9.17) is 4.42 Å². The second kappa shape index (κ2) is 6.69. The molecule has 0 fully saturated rings. The van der Waals surface area contributed by atoms with Crippen molar-refractivity contribution in [3.8, 4) is 0 Å². The number of fused-ring (bicyclic) bond motifs is 1. The van der Waals surface area contributed by atoms with E-state index < -0.39 is 6.04 Å². The minimum absolute atomic E-state index is 0.0267. The van der Waals surface area contributed by atoms with Crippen LogP contribution in [0.3, 0.4) is 0 Å². The van der Waals surface area contributed by atoms with Crippen LogP contribution in [0.2, 0.25) is 0 Å². The Morgan fingerprint density at radius 2 is 2.09 bits per heavy atom. The third-order valence-electron chi connectivity index (χ3n) is 4.10. The van der Waals surface area contributed by atoms with Gasteiger partial charge < -0.3 is 9.73 Å². The minimum Gasteiger partial charge on any atom is -0.469 e. The fraction of sp³-hybridized carbons (Fsp3) is 0.333. The molecule has 1 atom stereocenters. The van der Waals surface area contributed by atoms with E-state index in [1.807, 2.05) is 43.3 Å². The van der Waals surface area contributed by atoms with Crippen molar-refractivity contribution in [3.63, 3.8) is 0 Å². The minimum atomic E-state index is -0.462. The van der Waals surface area contributed by atoms with Gasteiger partial charge in [-0.2, -0.15) is 0 Å². The van der Waals surface area contributed by atoms with E-state index in [0.29, 0.717) is 25.8 Å². The van der Waals surface area contributed by atoms with Gasteiger partial charge in [-0.3, -0.25) is 14.5 Å². The lowest BCUT2D eigenvalue weighted by Crippen LogP contribution is -2.48. The fourth-order valence-corrected chi connectivity index (χ4v) is 2.96. The van der Waals surface area contributed by atoms with E-state index in [0.717, 1.165) is 17.0 Å². The molecular weight excluding hydrogens is 292 g/mol. The lowest BCUT2D eigenvalue weighted by molar-refractivity contribution is -0.126. The summed E-state index contributed by atoms with van der Waals surface area (Å²) in [5, 5.41) is 2.91. The molecule has 0 aliphatic carbocycles. The molecule has 1 aliphatic rings. The first-order valence-corrected chi connectivity index (χ1v) is 7.90. The van der Waals surface area contributed by atoms with Gasteiger partial charge in [0.15, 0.2) is 0 Å². The quantitative estimate of drug-likeness (QED) is 0.921. The second-order valence-corrected chi connectivity index (χ2v) is 5.59. The van der Waals surface area contributed by atoms with E-state index in [-0.39, 0.29) is 11.8 Å². The van der Waals surface area contributed by atoms with Gasteiger partial charge >= 0.3 is 0 Å². The molecule has 3 rings (SSSR count). The first kappa shape index (κ1) is 15.3. The third kappa shape index (κ3) is 3.13. The molecule has 120 valence electrons. The summed E-state index contributed by atoms with van der Waals surface area (Å²) in [4.78, 5) is 26.5.